The molecule has 0 saturated heterocycles. The Morgan fingerprint density at radius 1 is 0.383 bits per heavy atom. The van der Waals surface area contributed by atoms with E-state index >= 15 is 0 Å². The first kappa shape index (κ1) is 28.4. The van der Waals surface area contributed by atoms with E-state index in [-0.39, 0.29) is 0 Å². The molecule has 230 valence electrons. The lowest BCUT2D eigenvalue weighted by molar-refractivity contribution is -0.00518. The zero-order valence-corrected chi connectivity index (χ0v) is 26.9. The van der Waals surface area contributed by atoms with Crippen LogP contribution in [0, 0.1) is 17.8 Å². The van der Waals surface area contributed by atoms with Gasteiger partial charge < -0.3 is 4.90 Å². The van der Waals surface area contributed by atoms with Gasteiger partial charge in [0.1, 0.15) is 0 Å². The van der Waals surface area contributed by atoms with Crippen molar-refractivity contribution >= 4 is 17.1 Å². The minimum atomic E-state index is 0.444. The van der Waals surface area contributed by atoms with Gasteiger partial charge in [0.25, 0.3) is 0 Å². The summed E-state index contributed by atoms with van der Waals surface area (Å²) in [7, 11) is 0. The molecule has 0 spiro atoms. The highest BCUT2D eigenvalue weighted by atomic mass is 15.1. The first-order valence-electron chi connectivity index (χ1n) is 17.5. The van der Waals surface area contributed by atoms with Crippen molar-refractivity contribution in [3.8, 4) is 33.4 Å². The average Bonchev–Trinajstić information content (AvgIpc) is 3.13. The van der Waals surface area contributed by atoms with Gasteiger partial charge in [-0.15, -0.1) is 0 Å². The zero-order chi connectivity index (χ0) is 31.2. The molecule has 6 aromatic carbocycles. The zero-order valence-electron chi connectivity index (χ0n) is 26.9. The predicted octanol–water partition coefficient (Wildman–Crippen LogP) is 12.6. The fourth-order valence-corrected chi connectivity index (χ4v) is 9.67. The quantitative estimate of drug-likeness (QED) is 0.174. The maximum absolute atomic E-state index is 2.47. The van der Waals surface area contributed by atoms with Gasteiger partial charge >= 0.3 is 0 Å². The Morgan fingerprint density at radius 3 is 1.30 bits per heavy atom. The van der Waals surface area contributed by atoms with Gasteiger partial charge in [-0.1, -0.05) is 127 Å². The second-order valence-corrected chi connectivity index (χ2v) is 14.5. The lowest BCUT2D eigenvalue weighted by Crippen LogP contribution is -2.48. The van der Waals surface area contributed by atoms with E-state index in [4.69, 9.17) is 0 Å². The number of nitrogens with zero attached hydrogens (tertiary/aromatic N) is 1. The third-order valence-corrected chi connectivity index (χ3v) is 11.5. The lowest BCUT2D eigenvalue weighted by atomic mass is 9.48. The summed E-state index contributed by atoms with van der Waals surface area (Å²) in [5.41, 5.74) is 12.9. The first-order valence-corrected chi connectivity index (χ1v) is 17.5. The summed E-state index contributed by atoms with van der Waals surface area (Å²) >= 11 is 0. The first-order chi connectivity index (χ1) is 23.2. The topological polar surface area (TPSA) is 3.24 Å². The van der Waals surface area contributed by atoms with E-state index in [1.807, 2.05) is 0 Å². The molecule has 1 nitrogen and oxygen atoms in total. The maximum atomic E-state index is 2.47. The Labute approximate surface area is 279 Å². The highest BCUT2D eigenvalue weighted by molar-refractivity contribution is 5.89. The van der Waals surface area contributed by atoms with Crippen LogP contribution < -0.4 is 4.90 Å². The number of para-hydroxylation sites is 1. The number of anilines is 3. The van der Waals surface area contributed by atoms with Crippen LogP contribution in [-0.4, -0.2) is 0 Å². The lowest BCUT2D eigenvalue weighted by Gasteiger charge is -2.57. The SMILES string of the molecule is c1ccc(-c2ccc(N(c3ccc(-c4ccc(C56CC7CC(CC(C7)C5)C6)cc4)cc3)c3ccccc3-c3ccccc3)cc2)cc1. The third kappa shape index (κ3) is 5.28. The molecule has 0 aromatic heterocycles. The van der Waals surface area contributed by atoms with Crippen LogP contribution in [0.2, 0.25) is 0 Å². The highest BCUT2D eigenvalue weighted by Crippen LogP contribution is 2.60. The number of benzene rings is 6. The molecule has 4 bridgehead atoms. The summed E-state index contributed by atoms with van der Waals surface area (Å²) in [6.45, 7) is 0. The van der Waals surface area contributed by atoms with Crippen molar-refractivity contribution in [2.45, 2.75) is 43.9 Å². The minimum Gasteiger partial charge on any atom is -0.310 e. The molecule has 47 heavy (non-hydrogen) atoms. The molecule has 4 fully saturated rings. The van der Waals surface area contributed by atoms with Crippen LogP contribution in [0.3, 0.4) is 0 Å². The molecular weight excluding hydrogens is 567 g/mol. The normalized spacial score (nSPS) is 22.7. The summed E-state index contributed by atoms with van der Waals surface area (Å²) in [5.74, 6) is 2.91. The molecule has 0 N–H and O–H groups in total. The summed E-state index contributed by atoms with van der Waals surface area (Å²) in [4.78, 5) is 2.40. The van der Waals surface area contributed by atoms with E-state index in [2.05, 4.69) is 163 Å². The molecule has 4 aliphatic carbocycles. The highest BCUT2D eigenvalue weighted by Gasteiger charge is 2.51. The Balaban J connectivity index is 1.06. The Bertz CT molecular complexity index is 1940. The van der Waals surface area contributed by atoms with Crippen molar-refractivity contribution < 1.29 is 0 Å². The molecule has 0 aliphatic heterocycles. The maximum Gasteiger partial charge on any atom is 0.0540 e. The van der Waals surface area contributed by atoms with Gasteiger partial charge in [0.15, 0.2) is 0 Å². The van der Waals surface area contributed by atoms with Crippen LogP contribution >= 0.6 is 0 Å². The monoisotopic (exact) mass is 607 g/mol. The molecule has 10 rings (SSSR count). The van der Waals surface area contributed by atoms with Crippen LogP contribution in [0.25, 0.3) is 33.4 Å². The van der Waals surface area contributed by atoms with E-state index in [0.29, 0.717) is 5.41 Å². The van der Waals surface area contributed by atoms with E-state index in [1.54, 1.807) is 5.56 Å². The molecule has 0 radical (unpaired) electrons. The molecule has 6 aromatic rings. The largest absolute Gasteiger partial charge is 0.310 e. The smallest absolute Gasteiger partial charge is 0.0540 e. The average molecular weight is 608 g/mol. The number of rotatable bonds is 7. The van der Waals surface area contributed by atoms with E-state index < -0.39 is 0 Å². The minimum absolute atomic E-state index is 0.444. The van der Waals surface area contributed by atoms with Crippen LogP contribution in [0.5, 0.6) is 0 Å². The Hall–Kier alpha value is -4.88. The van der Waals surface area contributed by atoms with Gasteiger partial charge in [0, 0.05) is 16.9 Å². The van der Waals surface area contributed by atoms with Gasteiger partial charge in [0.2, 0.25) is 0 Å². The molecular formula is C46H41N. The van der Waals surface area contributed by atoms with E-state index in [0.717, 1.165) is 29.1 Å². The van der Waals surface area contributed by atoms with Crippen LogP contribution in [0.15, 0.2) is 158 Å². The second kappa shape index (κ2) is 11.7. The van der Waals surface area contributed by atoms with E-state index in [1.165, 1.54) is 77.6 Å². The molecule has 4 saturated carbocycles. The predicted molar refractivity (Wildman–Crippen MR) is 197 cm³/mol. The summed E-state index contributed by atoms with van der Waals surface area (Å²) < 4.78 is 0. The fourth-order valence-electron chi connectivity index (χ4n) is 9.67. The van der Waals surface area contributed by atoms with Crippen molar-refractivity contribution in [3.05, 3.63) is 163 Å². The molecule has 1 heteroatoms. The molecule has 0 amide bonds. The Kier molecular flexibility index (Phi) is 7.08. The summed E-state index contributed by atoms with van der Waals surface area (Å²) in [6, 6.07) is 57.9. The van der Waals surface area contributed by atoms with Gasteiger partial charge in [-0.2, -0.15) is 0 Å². The Morgan fingerprint density at radius 2 is 0.787 bits per heavy atom. The number of hydrogen-bond donors (Lipinski definition) is 0. The van der Waals surface area contributed by atoms with Crippen molar-refractivity contribution in [3.63, 3.8) is 0 Å². The summed E-state index contributed by atoms with van der Waals surface area (Å²) in [6.07, 6.45) is 8.73. The molecule has 4 aliphatic rings. The second-order valence-electron chi connectivity index (χ2n) is 14.5. The van der Waals surface area contributed by atoms with Gasteiger partial charge in [-0.3, -0.25) is 0 Å². The van der Waals surface area contributed by atoms with Crippen molar-refractivity contribution in [1.82, 2.24) is 0 Å². The van der Waals surface area contributed by atoms with Crippen LogP contribution in [0.4, 0.5) is 17.1 Å². The third-order valence-electron chi connectivity index (χ3n) is 11.5. The van der Waals surface area contributed by atoms with Gasteiger partial charge in [-0.25, -0.2) is 0 Å². The van der Waals surface area contributed by atoms with Gasteiger partial charge in [-0.05, 0) is 125 Å². The number of hydrogen-bond acceptors (Lipinski definition) is 1. The van der Waals surface area contributed by atoms with Crippen molar-refractivity contribution in [2.24, 2.45) is 17.8 Å². The van der Waals surface area contributed by atoms with Crippen LogP contribution in [-0.2, 0) is 5.41 Å². The van der Waals surface area contributed by atoms with Crippen molar-refractivity contribution in [2.75, 3.05) is 4.90 Å². The van der Waals surface area contributed by atoms with Crippen molar-refractivity contribution in [1.29, 1.82) is 0 Å². The molecule has 0 unspecified atom stereocenters. The fraction of sp³-hybridized carbons (Fsp3) is 0.217. The van der Waals surface area contributed by atoms with E-state index in [9.17, 15) is 0 Å². The standard InChI is InChI=1S/C46H41N/c1-3-9-36(10-4-1)38-17-23-42(24-18-38)47(45-14-8-7-13-44(45)40-11-5-2-6-12-40)43-25-19-39(20-26-43)37-15-21-41(22-16-37)46-30-33-27-34(31-46)29-35(28-33)32-46/h1-26,33-35H,27-32H2. The molecule has 0 atom stereocenters. The molecule has 0 heterocycles. The van der Waals surface area contributed by atoms with Crippen LogP contribution in [0.1, 0.15) is 44.1 Å². The van der Waals surface area contributed by atoms with Gasteiger partial charge in [0.05, 0.1) is 5.69 Å². The summed E-state index contributed by atoms with van der Waals surface area (Å²) in [5, 5.41) is 0.